The second kappa shape index (κ2) is 5.21. The fraction of sp³-hybridized carbons (Fsp3) is 0.786. The molecule has 1 aromatic rings. The Hall–Kier alpha value is -0.830. The van der Waals surface area contributed by atoms with Crippen LogP contribution in [0.3, 0.4) is 0 Å². The van der Waals surface area contributed by atoms with E-state index in [2.05, 4.69) is 37.3 Å². The van der Waals surface area contributed by atoms with E-state index in [1.165, 1.54) is 25.0 Å². The molecule has 2 rings (SSSR count). The van der Waals surface area contributed by atoms with E-state index in [-0.39, 0.29) is 0 Å². The van der Waals surface area contributed by atoms with Gasteiger partial charge in [0.1, 0.15) is 0 Å². The summed E-state index contributed by atoms with van der Waals surface area (Å²) < 4.78 is 1.97. The Bertz CT molecular complexity index is 348. The number of aromatic nitrogens is 2. The van der Waals surface area contributed by atoms with E-state index in [1.54, 1.807) is 0 Å². The summed E-state index contributed by atoms with van der Waals surface area (Å²) >= 11 is 0. The van der Waals surface area contributed by atoms with Crippen LogP contribution >= 0.6 is 0 Å². The van der Waals surface area contributed by atoms with Crippen molar-refractivity contribution in [3.63, 3.8) is 0 Å². The van der Waals surface area contributed by atoms with Gasteiger partial charge >= 0.3 is 0 Å². The third-order valence-electron chi connectivity index (χ3n) is 3.97. The second-order valence-corrected chi connectivity index (χ2v) is 5.88. The fourth-order valence-corrected chi connectivity index (χ4v) is 3.33. The molecule has 1 heterocycles. The molecule has 1 aliphatic carbocycles. The molecule has 3 nitrogen and oxygen atoms in total. The van der Waals surface area contributed by atoms with Crippen molar-refractivity contribution in [1.29, 1.82) is 0 Å². The van der Waals surface area contributed by atoms with E-state index in [4.69, 9.17) is 0 Å². The summed E-state index contributed by atoms with van der Waals surface area (Å²) in [6, 6.07) is 3.16. The zero-order valence-electron chi connectivity index (χ0n) is 11.5. The summed E-state index contributed by atoms with van der Waals surface area (Å²) in [5.74, 6) is 1.71. The molecule has 3 atom stereocenters. The first kappa shape index (κ1) is 12.6. The van der Waals surface area contributed by atoms with E-state index >= 15 is 0 Å². The fourth-order valence-electron chi connectivity index (χ4n) is 3.33. The molecule has 3 heteroatoms. The Balaban J connectivity index is 1.94. The van der Waals surface area contributed by atoms with Crippen molar-refractivity contribution in [3.05, 3.63) is 18.0 Å². The highest BCUT2D eigenvalue weighted by Gasteiger charge is 2.25. The number of aryl methyl sites for hydroxylation is 1. The standard InChI is InChI=1S/C14H25N3/c1-10-7-11(2)9-13(8-10)16-12(3)14-5-6-15-17(14)4/h5-6,10-13,16H,7-9H2,1-4H3. The number of nitrogens with one attached hydrogen (secondary N) is 1. The van der Waals surface area contributed by atoms with Crippen molar-refractivity contribution in [1.82, 2.24) is 15.1 Å². The average molecular weight is 235 g/mol. The summed E-state index contributed by atoms with van der Waals surface area (Å²) in [7, 11) is 2.01. The van der Waals surface area contributed by atoms with Crippen LogP contribution in [0.25, 0.3) is 0 Å². The third-order valence-corrected chi connectivity index (χ3v) is 3.97. The van der Waals surface area contributed by atoms with Crippen LogP contribution in [-0.4, -0.2) is 15.8 Å². The Kier molecular flexibility index (Phi) is 3.87. The number of rotatable bonds is 3. The summed E-state index contributed by atoms with van der Waals surface area (Å²) in [4.78, 5) is 0. The van der Waals surface area contributed by atoms with Gasteiger partial charge in [-0.05, 0) is 44.1 Å². The predicted molar refractivity (Wildman–Crippen MR) is 70.7 cm³/mol. The molecule has 1 aromatic heterocycles. The van der Waals surface area contributed by atoms with Crippen LogP contribution in [0.5, 0.6) is 0 Å². The first-order valence-corrected chi connectivity index (χ1v) is 6.80. The minimum atomic E-state index is 0.394. The first-order valence-electron chi connectivity index (χ1n) is 6.80. The van der Waals surface area contributed by atoms with Crippen LogP contribution in [0.2, 0.25) is 0 Å². The largest absolute Gasteiger partial charge is 0.306 e. The molecule has 1 fully saturated rings. The number of nitrogens with zero attached hydrogens (tertiary/aromatic N) is 2. The van der Waals surface area contributed by atoms with Gasteiger partial charge in [-0.3, -0.25) is 4.68 Å². The van der Waals surface area contributed by atoms with Gasteiger partial charge in [0.2, 0.25) is 0 Å². The quantitative estimate of drug-likeness (QED) is 0.873. The molecule has 0 amide bonds. The van der Waals surface area contributed by atoms with Crippen molar-refractivity contribution < 1.29 is 0 Å². The normalized spacial score (nSPS) is 31.4. The zero-order chi connectivity index (χ0) is 12.4. The summed E-state index contributed by atoms with van der Waals surface area (Å²) in [6.07, 6.45) is 5.89. The van der Waals surface area contributed by atoms with Crippen LogP contribution in [0.4, 0.5) is 0 Å². The number of hydrogen-bond donors (Lipinski definition) is 1. The second-order valence-electron chi connectivity index (χ2n) is 5.88. The Morgan fingerprint density at radius 1 is 1.29 bits per heavy atom. The topological polar surface area (TPSA) is 29.9 Å². The molecular formula is C14H25N3. The predicted octanol–water partition coefficient (Wildman–Crippen LogP) is 2.90. The van der Waals surface area contributed by atoms with Crippen molar-refractivity contribution in [3.8, 4) is 0 Å². The molecule has 3 unspecified atom stereocenters. The lowest BCUT2D eigenvalue weighted by Gasteiger charge is -2.34. The maximum absolute atomic E-state index is 4.24. The van der Waals surface area contributed by atoms with Gasteiger partial charge in [-0.1, -0.05) is 13.8 Å². The van der Waals surface area contributed by atoms with Crippen molar-refractivity contribution in [2.45, 2.75) is 52.1 Å². The highest BCUT2D eigenvalue weighted by atomic mass is 15.3. The minimum Gasteiger partial charge on any atom is -0.306 e. The van der Waals surface area contributed by atoms with Gasteiger partial charge in [0.15, 0.2) is 0 Å². The van der Waals surface area contributed by atoms with E-state index in [1.807, 2.05) is 17.9 Å². The van der Waals surface area contributed by atoms with E-state index in [0.29, 0.717) is 12.1 Å². The summed E-state index contributed by atoms with van der Waals surface area (Å²) in [5, 5.41) is 8.00. The van der Waals surface area contributed by atoms with Gasteiger partial charge in [-0.25, -0.2) is 0 Å². The van der Waals surface area contributed by atoms with Gasteiger partial charge in [-0.15, -0.1) is 0 Å². The van der Waals surface area contributed by atoms with E-state index in [0.717, 1.165) is 11.8 Å². The van der Waals surface area contributed by atoms with Gasteiger partial charge < -0.3 is 5.32 Å². The molecule has 0 saturated heterocycles. The molecule has 1 aliphatic rings. The minimum absolute atomic E-state index is 0.394. The lowest BCUT2D eigenvalue weighted by molar-refractivity contribution is 0.226. The SMILES string of the molecule is CC1CC(C)CC(NC(C)c2ccnn2C)C1. The van der Waals surface area contributed by atoms with Crippen LogP contribution in [0, 0.1) is 11.8 Å². The Morgan fingerprint density at radius 3 is 2.47 bits per heavy atom. The molecule has 0 spiro atoms. The highest BCUT2D eigenvalue weighted by molar-refractivity contribution is 5.05. The maximum Gasteiger partial charge on any atom is 0.0547 e. The molecule has 0 radical (unpaired) electrons. The zero-order valence-corrected chi connectivity index (χ0v) is 11.5. The number of hydrogen-bond acceptors (Lipinski definition) is 2. The van der Waals surface area contributed by atoms with E-state index < -0.39 is 0 Å². The summed E-state index contributed by atoms with van der Waals surface area (Å²) in [6.45, 7) is 6.99. The molecule has 0 bridgehead atoms. The van der Waals surface area contributed by atoms with Gasteiger partial charge in [0.25, 0.3) is 0 Å². The smallest absolute Gasteiger partial charge is 0.0547 e. The van der Waals surface area contributed by atoms with E-state index in [9.17, 15) is 0 Å². The molecular weight excluding hydrogens is 210 g/mol. The van der Waals surface area contributed by atoms with Gasteiger partial charge in [0, 0.05) is 25.3 Å². The van der Waals surface area contributed by atoms with Crippen molar-refractivity contribution in [2.75, 3.05) is 0 Å². The molecule has 1 saturated carbocycles. The van der Waals surface area contributed by atoms with Crippen LogP contribution < -0.4 is 5.32 Å². The maximum atomic E-state index is 4.24. The van der Waals surface area contributed by atoms with Crippen LogP contribution in [0.1, 0.15) is 51.8 Å². The van der Waals surface area contributed by atoms with Crippen molar-refractivity contribution >= 4 is 0 Å². The Morgan fingerprint density at radius 2 is 1.94 bits per heavy atom. The first-order chi connectivity index (χ1) is 8.06. The van der Waals surface area contributed by atoms with Gasteiger partial charge in [0.05, 0.1) is 5.69 Å². The molecule has 0 aromatic carbocycles. The summed E-state index contributed by atoms with van der Waals surface area (Å²) in [5.41, 5.74) is 1.27. The lowest BCUT2D eigenvalue weighted by Crippen LogP contribution is -2.38. The Labute approximate surface area is 105 Å². The molecule has 0 aliphatic heterocycles. The third kappa shape index (κ3) is 3.09. The van der Waals surface area contributed by atoms with Gasteiger partial charge in [-0.2, -0.15) is 5.10 Å². The highest BCUT2D eigenvalue weighted by Crippen LogP contribution is 2.29. The lowest BCUT2D eigenvalue weighted by atomic mass is 9.80. The molecule has 1 N–H and O–H groups in total. The average Bonchev–Trinajstić information content (AvgIpc) is 2.62. The molecule has 96 valence electrons. The monoisotopic (exact) mass is 235 g/mol. The van der Waals surface area contributed by atoms with Crippen molar-refractivity contribution in [2.24, 2.45) is 18.9 Å². The van der Waals surface area contributed by atoms with Crippen LogP contribution in [0.15, 0.2) is 12.3 Å². The van der Waals surface area contributed by atoms with Crippen LogP contribution in [-0.2, 0) is 7.05 Å². The molecule has 17 heavy (non-hydrogen) atoms.